The largest absolute Gasteiger partial charge is 0.466 e. The number of ether oxygens (including phenoxy) is 2. The fourth-order valence-electron chi connectivity index (χ4n) is 2.89. The second-order valence-electron chi connectivity index (χ2n) is 4.92. The highest BCUT2D eigenvalue weighted by atomic mass is 79.9. The van der Waals surface area contributed by atoms with Gasteiger partial charge in [-0.15, -0.1) is 0 Å². The predicted octanol–water partition coefficient (Wildman–Crippen LogP) is 3.33. The Morgan fingerprint density at radius 1 is 1.32 bits per heavy atom. The van der Waals surface area contributed by atoms with Crippen molar-refractivity contribution in [2.75, 3.05) is 7.11 Å². The van der Waals surface area contributed by atoms with Crippen molar-refractivity contribution in [2.24, 2.45) is 0 Å². The number of carbonyl (C=O) groups is 1. The van der Waals surface area contributed by atoms with Crippen LogP contribution in [0.2, 0.25) is 0 Å². The molecule has 4 heteroatoms. The van der Waals surface area contributed by atoms with Crippen LogP contribution in [-0.4, -0.2) is 25.3 Å². The first-order valence-corrected chi connectivity index (χ1v) is 7.21. The molecule has 0 radical (unpaired) electrons. The van der Waals surface area contributed by atoms with E-state index in [4.69, 9.17) is 9.47 Å². The maximum Gasteiger partial charge on any atom is 0.336 e. The molecule has 19 heavy (non-hydrogen) atoms. The zero-order valence-corrected chi connectivity index (χ0v) is 12.3. The van der Waals surface area contributed by atoms with E-state index in [-0.39, 0.29) is 18.2 Å². The normalized spacial score (nSPS) is 25.6. The Kier molecular flexibility index (Phi) is 3.46. The second-order valence-corrected chi connectivity index (χ2v) is 5.83. The molecule has 1 aromatic carbocycles. The second kappa shape index (κ2) is 5.10. The van der Waals surface area contributed by atoms with Crippen LogP contribution in [0.5, 0.6) is 0 Å². The minimum absolute atomic E-state index is 0.0927. The highest BCUT2D eigenvalue weighted by Crippen LogP contribution is 2.41. The van der Waals surface area contributed by atoms with E-state index in [1.807, 2.05) is 24.3 Å². The lowest BCUT2D eigenvalue weighted by molar-refractivity contribution is -0.137. The SMILES string of the molecule is COC(=O)C1=C(c2ccc(Br)cc2)CC2CC[C@@H]1O2. The van der Waals surface area contributed by atoms with Crippen molar-refractivity contribution >= 4 is 27.5 Å². The Labute approximate surface area is 120 Å². The lowest BCUT2D eigenvalue weighted by atomic mass is 9.92. The average molecular weight is 323 g/mol. The number of rotatable bonds is 2. The first-order valence-electron chi connectivity index (χ1n) is 6.42. The summed E-state index contributed by atoms with van der Waals surface area (Å²) in [6.07, 6.45) is 2.88. The van der Waals surface area contributed by atoms with Crippen molar-refractivity contribution in [2.45, 2.75) is 31.5 Å². The number of halogens is 1. The van der Waals surface area contributed by atoms with Crippen molar-refractivity contribution in [1.82, 2.24) is 0 Å². The fourth-order valence-corrected chi connectivity index (χ4v) is 3.15. The van der Waals surface area contributed by atoms with Gasteiger partial charge in [0.05, 0.1) is 24.9 Å². The molecule has 2 heterocycles. The van der Waals surface area contributed by atoms with Crippen molar-refractivity contribution in [1.29, 1.82) is 0 Å². The van der Waals surface area contributed by atoms with E-state index in [1.54, 1.807) is 0 Å². The lowest BCUT2D eigenvalue weighted by Crippen LogP contribution is -2.26. The third-order valence-corrected chi connectivity index (χ3v) is 4.31. The van der Waals surface area contributed by atoms with Gasteiger partial charge in [-0.2, -0.15) is 0 Å². The quantitative estimate of drug-likeness (QED) is 0.783. The van der Waals surface area contributed by atoms with E-state index < -0.39 is 0 Å². The molecule has 1 aromatic rings. The van der Waals surface area contributed by atoms with Crippen LogP contribution in [0, 0.1) is 0 Å². The molecule has 3 nitrogen and oxygen atoms in total. The van der Waals surface area contributed by atoms with Crippen LogP contribution in [0.1, 0.15) is 24.8 Å². The Balaban J connectivity index is 2.07. The molecule has 1 saturated heterocycles. The minimum Gasteiger partial charge on any atom is -0.466 e. The molecule has 0 spiro atoms. The zero-order chi connectivity index (χ0) is 13.4. The molecule has 2 aliphatic rings. The van der Waals surface area contributed by atoms with Crippen LogP contribution in [0.15, 0.2) is 34.3 Å². The molecule has 0 amide bonds. The van der Waals surface area contributed by atoms with Crippen molar-refractivity contribution in [3.05, 3.63) is 39.9 Å². The molecule has 100 valence electrons. The topological polar surface area (TPSA) is 35.5 Å². The van der Waals surface area contributed by atoms with Gasteiger partial charge in [-0.1, -0.05) is 28.1 Å². The van der Waals surface area contributed by atoms with E-state index >= 15 is 0 Å². The molecular weight excluding hydrogens is 308 g/mol. The van der Waals surface area contributed by atoms with Crippen LogP contribution in [-0.2, 0) is 14.3 Å². The van der Waals surface area contributed by atoms with Crippen LogP contribution in [0.3, 0.4) is 0 Å². The first kappa shape index (κ1) is 12.9. The molecule has 0 saturated carbocycles. The number of methoxy groups -OCH3 is 1. The summed E-state index contributed by atoms with van der Waals surface area (Å²) in [5, 5.41) is 0. The summed E-state index contributed by atoms with van der Waals surface area (Å²) in [6, 6.07) is 8.06. The van der Waals surface area contributed by atoms with Gasteiger partial charge in [-0.25, -0.2) is 4.79 Å². The zero-order valence-electron chi connectivity index (χ0n) is 10.7. The Morgan fingerprint density at radius 2 is 2.05 bits per heavy atom. The monoisotopic (exact) mass is 322 g/mol. The number of hydrogen-bond donors (Lipinski definition) is 0. The third-order valence-electron chi connectivity index (χ3n) is 3.78. The summed E-state index contributed by atoms with van der Waals surface area (Å²) in [4.78, 5) is 12.0. The van der Waals surface area contributed by atoms with E-state index in [1.165, 1.54) is 7.11 Å². The molecule has 2 aliphatic heterocycles. The maximum absolute atomic E-state index is 12.0. The van der Waals surface area contributed by atoms with E-state index in [0.29, 0.717) is 5.57 Å². The number of hydrogen-bond acceptors (Lipinski definition) is 3. The number of esters is 1. The molecule has 2 bridgehead atoms. The van der Waals surface area contributed by atoms with Gasteiger partial charge in [0.15, 0.2) is 0 Å². The number of fused-ring (bicyclic) bond motifs is 2. The van der Waals surface area contributed by atoms with Crippen LogP contribution >= 0.6 is 15.9 Å². The molecule has 3 rings (SSSR count). The van der Waals surface area contributed by atoms with Gasteiger partial charge in [0.1, 0.15) is 0 Å². The fraction of sp³-hybridized carbons (Fsp3) is 0.400. The average Bonchev–Trinajstić information content (AvgIpc) is 2.80. The lowest BCUT2D eigenvalue weighted by Gasteiger charge is -2.26. The van der Waals surface area contributed by atoms with Gasteiger partial charge >= 0.3 is 5.97 Å². The summed E-state index contributed by atoms with van der Waals surface area (Å²) >= 11 is 3.43. The van der Waals surface area contributed by atoms with Crippen LogP contribution < -0.4 is 0 Å². The molecule has 2 atom stereocenters. The standard InChI is InChI=1S/C15H15BrO3/c1-18-15(17)14-12(8-11-6-7-13(14)19-11)9-2-4-10(16)5-3-9/h2-5,11,13H,6-8H2,1H3/t11?,13-/m0/s1. The summed E-state index contributed by atoms with van der Waals surface area (Å²) in [7, 11) is 1.43. The van der Waals surface area contributed by atoms with Gasteiger partial charge in [-0.3, -0.25) is 0 Å². The summed E-state index contributed by atoms with van der Waals surface area (Å²) in [5.41, 5.74) is 2.88. The Hall–Kier alpha value is -1.13. The van der Waals surface area contributed by atoms with E-state index in [9.17, 15) is 4.79 Å². The van der Waals surface area contributed by atoms with E-state index in [2.05, 4.69) is 15.9 Å². The first-order chi connectivity index (χ1) is 9.19. The number of benzene rings is 1. The van der Waals surface area contributed by atoms with Gasteiger partial charge < -0.3 is 9.47 Å². The molecular formula is C15H15BrO3. The summed E-state index contributed by atoms with van der Waals surface area (Å²) in [6.45, 7) is 0. The summed E-state index contributed by atoms with van der Waals surface area (Å²) in [5.74, 6) is -0.261. The van der Waals surface area contributed by atoms with Gasteiger partial charge in [-0.05, 0) is 42.5 Å². The molecule has 0 N–H and O–H groups in total. The molecule has 1 unspecified atom stereocenters. The molecule has 0 aliphatic carbocycles. The highest BCUT2D eigenvalue weighted by Gasteiger charge is 2.39. The molecule has 1 fully saturated rings. The highest BCUT2D eigenvalue weighted by molar-refractivity contribution is 9.10. The van der Waals surface area contributed by atoms with E-state index in [0.717, 1.165) is 34.9 Å². The number of carbonyl (C=O) groups excluding carboxylic acids is 1. The van der Waals surface area contributed by atoms with Crippen molar-refractivity contribution < 1.29 is 14.3 Å². The van der Waals surface area contributed by atoms with Gasteiger partial charge in [0, 0.05) is 4.47 Å². The summed E-state index contributed by atoms with van der Waals surface area (Å²) < 4.78 is 11.8. The Bertz CT molecular complexity index is 533. The maximum atomic E-state index is 12.0. The third kappa shape index (κ3) is 2.35. The Morgan fingerprint density at radius 3 is 2.74 bits per heavy atom. The molecule has 0 aromatic heterocycles. The predicted molar refractivity (Wildman–Crippen MR) is 75.6 cm³/mol. The van der Waals surface area contributed by atoms with Crippen LogP contribution in [0.25, 0.3) is 5.57 Å². The van der Waals surface area contributed by atoms with Crippen molar-refractivity contribution in [3.63, 3.8) is 0 Å². The minimum atomic E-state index is -0.261. The van der Waals surface area contributed by atoms with Crippen molar-refractivity contribution in [3.8, 4) is 0 Å². The van der Waals surface area contributed by atoms with Gasteiger partial charge in [0.25, 0.3) is 0 Å². The smallest absolute Gasteiger partial charge is 0.336 e. The van der Waals surface area contributed by atoms with Gasteiger partial charge in [0.2, 0.25) is 0 Å². The van der Waals surface area contributed by atoms with Crippen LogP contribution in [0.4, 0.5) is 0 Å².